The smallest absolute Gasteiger partial charge is 0.243 e. The summed E-state index contributed by atoms with van der Waals surface area (Å²) in [5.41, 5.74) is 0.683. The van der Waals surface area contributed by atoms with Crippen LogP contribution >= 0.6 is 11.6 Å². The van der Waals surface area contributed by atoms with E-state index in [1.165, 1.54) is 6.07 Å². The Bertz CT molecular complexity index is 505. The summed E-state index contributed by atoms with van der Waals surface area (Å²) in [6.07, 6.45) is 0. The molecule has 1 aromatic rings. The number of nitrogens with one attached hydrogen (secondary N) is 2. The predicted octanol–water partition coefficient (Wildman–Crippen LogP) is 1.18. The molecule has 0 aromatic carbocycles. The highest BCUT2D eigenvalue weighted by molar-refractivity contribution is 7.89. The Morgan fingerprint density at radius 3 is 2.61 bits per heavy atom. The van der Waals surface area contributed by atoms with Gasteiger partial charge in [-0.05, 0) is 38.6 Å². The molecular formula is C11H18ClN3O2S. The van der Waals surface area contributed by atoms with Crippen molar-refractivity contribution in [3.8, 4) is 0 Å². The fraction of sp³-hybridized carbons (Fsp3) is 0.545. The normalized spacial score (nSPS) is 13.6. The Kier molecular flexibility index (Phi) is 5.52. The molecule has 1 unspecified atom stereocenters. The molecule has 18 heavy (non-hydrogen) atoms. The Morgan fingerprint density at radius 2 is 2.06 bits per heavy atom. The second-order valence-corrected chi connectivity index (χ2v) is 6.35. The zero-order chi connectivity index (χ0) is 13.8. The van der Waals surface area contributed by atoms with Crippen molar-refractivity contribution < 1.29 is 8.42 Å². The topological polar surface area (TPSA) is 71.1 Å². The fourth-order valence-electron chi connectivity index (χ4n) is 1.46. The first-order valence-electron chi connectivity index (χ1n) is 5.64. The van der Waals surface area contributed by atoms with Crippen LogP contribution in [-0.4, -0.2) is 33.5 Å². The van der Waals surface area contributed by atoms with Crippen LogP contribution in [0.5, 0.6) is 0 Å². The minimum absolute atomic E-state index is 0.00349. The Labute approximate surface area is 113 Å². The maximum absolute atomic E-state index is 12.0. The van der Waals surface area contributed by atoms with Crippen LogP contribution in [0.3, 0.4) is 0 Å². The number of rotatable bonds is 6. The van der Waals surface area contributed by atoms with Gasteiger partial charge in [0, 0.05) is 12.2 Å². The van der Waals surface area contributed by atoms with Crippen LogP contribution in [0.4, 0.5) is 0 Å². The van der Waals surface area contributed by atoms with Gasteiger partial charge in [-0.2, -0.15) is 0 Å². The third kappa shape index (κ3) is 4.20. The third-order valence-corrected chi connectivity index (χ3v) is 4.27. The number of nitrogens with zero attached hydrogens (tertiary/aromatic N) is 1. The SMILES string of the molecule is CNCC(C)CNS(=O)(=O)c1ccc(C)nc1Cl. The average Bonchev–Trinajstić information content (AvgIpc) is 2.26. The molecule has 2 N–H and O–H groups in total. The molecule has 102 valence electrons. The molecule has 5 nitrogen and oxygen atoms in total. The monoisotopic (exact) mass is 291 g/mol. The van der Waals surface area contributed by atoms with Crippen molar-refractivity contribution in [3.63, 3.8) is 0 Å². The molecule has 1 rings (SSSR count). The Hall–Kier alpha value is -0.690. The van der Waals surface area contributed by atoms with Crippen LogP contribution in [-0.2, 0) is 10.0 Å². The highest BCUT2D eigenvalue weighted by Gasteiger charge is 2.19. The average molecular weight is 292 g/mol. The second kappa shape index (κ2) is 6.47. The number of pyridine rings is 1. The molecule has 0 spiro atoms. The van der Waals surface area contributed by atoms with Gasteiger partial charge >= 0.3 is 0 Å². The van der Waals surface area contributed by atoms with Crippen molar-refractivity contribution in [2.45, 2.75) is 18.7 Å². The van der Waals surface area contributed by atoms with E-state index in [2.05, 4.69) is 15.0 Å². The Balaban J connectivity index is 2.80. The van der Waals surface area contributed by atoms with Crippen molar-refractivity contribution in [1.29, 1.82) is 0 Å². The highest BCUT2D eigenvalue weighted by Crippen LogP contribution is 2.19. The van der Waals surface area contributed by atoms with Gasteiger partial charge in [-0.25, -0.2) is 18.1 Å². The van der Waals surface area contributed by atoms with Crippen LogP contribution in [0.2, 0.25) is 5.15 Å². The van der Waals surface area contributed by atoms with Crippen LogP contribution in [0.1, 0.15) is 12.6 Å². The zero-order valence-electron chi connectivity index (χ0n) is 10.7. The lowest BCUT2D eigenvalue weighted by Gasteiger charge is -2.13. The van der Waals surface area contributed by atoms with Gasteiger partial charge < -0.3 is 5.32 Å². The van der Waals surface area contributed by atoms with E-state index in [0.717, 1.165) is 6.54 Å². The van der Waals surface area contributed by atoms with Crippen LogP contribution < -0.4 is 10.0 Å². The number of halogens is 1. The lowest BCUT2D eigenvalue weighted by atomic mass is 10.2. The van der Waals surface area contributed by atoms with E-state index in [-0.39, 0.29) is 16.0 Å². The summed E-state index contributed by atoms with van der Waals surface area (Å²) in [5, 5.41) is 2.99. The lowest BCUT2D eigenvalue weighted by Crippen LogP contribution is -2.32. The molecule has 0 fully saturated rings. The summed E-state index contributed by atoms with van der Waals surface area (Å²) < 4.78 is 26.6. The van der Waals surface area contributed by atoms with Gasteiger partial charge in [0.15, 0.2) is 0 Å². The van der Waals surface area contributed by atoms with E-state index < -0.39 is 10.0 Å². The summed E-state index contributed by atoms with van der Waals surface area (Å²) >= 11 is 5.85. The summed E-state index contributed by atoms with van der Waals surface area (Å²) in [4.78, 5) is 3.96. The number of sulfonamides is 1. The highest BCUT2D eigenvalue weighted by atomic mass is 35.5. The van der Waals surface area contributed by atoms with E-state index in [4.69, 9.17) is 11.6 Å². The number of hydrogen-bond acceptors (Lipinski definition) is 4. The van der Waals surface area contributed by atoms with Gasteiger partial charge in [-0.15, -0.1) is 0 Å². The van der Waals surface area contributed by atoms with E-state index >= 15 is 0 Å². The van der Waals surface area contributed by atoms with Crippen LogP contribution in [0.15, 0.2) is 17.0 Å². The summed E-state index contributed by atoms with van der Waals surface area (Å²) in [6, 6.07) is 3.09. The summed E-state index contributed by atoms with van der Waals surface area (Å²) in [6.45, 7) is 4.80. The van der Waals surface area contributed by atoms with Crippen molar-refractivity contribution in [3.05, 3.63) is 23.0 Å². The molecule has 1 aromatic heterocycles. The van der Waals surface area contributed by atoms with E-state index in [1.54, 1.807) is 13.0 Å². The molecule has 0 saturated carbocycles. The number of hydrogen-bond donors (Lipinski definition) is 2. The second-order valence-electron chi connectivity index (χ2n) is 4.26. The minimum Gasteiger partial charge on any atom is -0.319 e. The van der Waals surface area contributed by atoms with Gasteiger partial charge in [0.25, 0.3) is 0 Å². The fourth-order valence-corrected chi connectivity index (χ4v) is 3.14. The van der Waals surface area contributed by atoms with Crippen molar-refractivity contribution in [2.24, 2.45) is 5.92 Å². The first-order chi connectivity index (χ1) is 8.36. The Morgan fingerprint density at radius 1 is 1.39 bits per heavy atom. The standard InChI is InChI=1S/C11H18ClN3O2S/c1-8(6-13-3)7-14-18(16,17)10-5-4-9(2)15-11(10)12/h4-5,8,13-14H,6-7H2,1-3H3. The maximum Gasteiger partial charge on any atom is 0.243 e. The number of aryl methyl sites for hydroxylation is 1. The molecule has 0 aliphatic carbocycles. The molecule has 0 amide bonds. The van der Waals surface area contributed by atoms with Gasteiger partial charge in [0.2, 0.25) is 10.0 Å². The van der Waals surface area contributed by atoms with E-state index in [0.29, 0.717) is 12.2 Å². The van der Waals surface area contributed by atoms with Crippen molar-refractivity contribution >= 4 is 21.6 Å². The van der Waals surface area contributed by atoms with Crippen molar-refractivity contribution in [1.82, 2.24) is 15.0 Å². The lowest BCUT2D eigenvalue weighted by molar-refractivity contribution is 0.519. The minimum atomic E-state index is -3.59. The zero-order valence-corrected chi connectivity index (χ0v) is 12.3. The van der Waals surface area contributed by atoms with Gasteiger partial charge in [0.1, 0.15) is 10.0 Å². The molecule has 1 heterocycles. The molecule has 0 aliphatic rings. The quantitative estimate of drug-likeness (QED) is 0.772. The van der Waals surface area contributed by atoms with Crippen LogP contribution in [0, 0.1) is 12.8 Å². The molecule has 1 atom stereocenters. The molecule has 0 radical (unpaired) electrons. The van der Waals surface area contributed by atoms with Crippen LogP contribution in [0.25, 0.3) is 0 Å². The first kappa shape index (κ1) is 15.4. The van der Waals surface area contributed by atoms with Gasteiger partial charge in [0.05, 0.1) is 0 Å². The molecule has 7 heteroatoms. The number of aromatic nitrogens is 1. The largest absolute Gasteiger partial charge is 0.319 e. The molecule has 0 saturated heterocycles. The third-order valence-electron chi connectivity index (χ3n) is 2.42. The predicted molar refractivity (Wildman–Crippen MR) is 72.3 cm³/mol. The van der Waals surface area contributed by atoms with Gasteiger partial charge in [-0.3, -0.25) is 0 Å². The van der Waals surface area contributed by atoms with Crippen molar-refractivity contribution in [2.75, 3.05) is 20.1 Å². The molecule has 0 aliphatic heterocycles. The molecular weight excluding hydrogens is 274 g/mol. The van der Waals surface area contributed by atoms with Gasteiger partial charge in [-0.1, -0.05) is 18.5 Å². The van der Waals surface area contributed by atoms with E-state index in [9.17, 15) is 8.42 Å². The maximum atomic E-state index is 12.0. The molecule has 0 bridgehead atoms. The summed E-state index contributed by atoms with van der Waals surface area (Å²) in [5.74, 6) is 0.196. The summed E-state index contributed by atoms with van der Waals surface area (Å²) in [7, 11) is -1.77. The van der Waals surface area contributed by atoms with E-state index in [1.807, 2.05) is 14.0 Å². The first-order valence-corrected chi connectivity index (χ1v) is 7.50.